The molecule has 0 spiro atoms. The van der Waals surface area contributed by atoms with Gasteiger partial charge in [-0.05, 0) is 12.1 Å². The zero-order valence-corrected chi connectivity index (χ0v) is 16.9. The van der Waals surface area contributed by atoms with Crippen molar-refractivity contribution >= 4 is 17.5 Å². The summed E-state index contributed by atoms with van der Waals surface area (Å²) < 4.78 is 0. The number of nitrogens with one attached hydrogen (secondary N) is 1. The van der Waals surface area contributed by atoms with Gasteiger partial charge in [-0.25, -0.2) is 9.97 Å². The highest BCUT2D eigenvalue weighted by Crippen LogP contribution is 2.36. The van der Waals surface area contributed by atoms with Crippen molar-refractivity contribution in [3.63, 3.8) is 0 Å². The van der Waals surface area contributed by atoms with E-state index in [2.05, 4.69) is 5.32 Å². The first-order valence-corrected chi connectivity index (χ1v) is 9.70. The number of hydrogen-bond donors (Lipinski definition) is 1. The summed E-state index contributed by atoms with van der Waals surface area (Å²) in [6, 6.07) is 28.8. The van der Waals surface area contributed by atoms with Crippen LogP contribution in [0.5, 0.6) is 0 Å². The molecule has 1 N–H and O–H groups in total. The molecule has 1 amide bonds. The molecule has 5 heteroatoms. The monoisotopic (exact) mass is 394 g/mol. The second-order valence-corrected chi connectivity index (χ2v) is 7.04. The molecule has 0 saturated carbocycles. The van der Waals surface area contributed by atoms with Crippen LogP contribution in [-0.2, 0) is 0 Å². The molecule has 0 aliphatic carbocycles. The minimum absolute atomic E-state index is 0.203. The highest BCUT2D eigenvalue weighted by Gasteiger charge is 2.20. The van der Waals surface area contributed by atoms with Gasteiger partial charge in [-0.3, -0.25) is 4.79 Å². The van der Waals surface area contributed by atoms with Gasteiger partial charge >= 0.3 is 0 Å². The van der Waals surface area contributed by atoms with Gasteiger partial charge in [-0.1, -0.05) is 78.9 Å². The molecule has 30 heavy (non-hydrogen) atoms. The van der Waals surface area contributed by atoms with Crippen LogP contribution in [0, 0.1) is 0 Å². The van der Waals surface area contributed by atoms with Gasteiger partial charge in [0.1, 0.15) is 11.4 Å². The molecule has 0 bridgehead atoms. The predicted octanol–water partition coefficient (Wildman–Crippen LogP) is 5.13. The van der Waals surface area contributed by atoms with Crippen molar-refractivity contribution in [3.8, 4) is 22.5 Å². The van der Waals surface area contributed by atoms with Crippen LogP contribution < -0.4 is 10.2 Å². The van der Waals surface area contributed by atoms with E-state index in [4.69, 9.17) is 9.97 Å². The molecule has 0 saturated heterocycles. The SMILES string of the molecule is CN(C)c1nc(-c2ccccc2)c(NC(=O)c2ccccc2)c(-c2ccccc2)n1. The highest BCUT2D eigenvalue weighted by molar-refractivity contribution is 6.08. The van der Waals surface area contributed by atoms with Crippen molar-refractivity contribution in [1.29, 1.82) is 0 Å². The number of nitrogens with zero attached hydrogens (tertiary/aromatic N) is 3. The van der Waals surface area contributed by atoms with Crippen LogP contribution in [0.4, 0.5) is 11.6 Å². The van der Waals surface area contributed by atoms with E-state index in [1.807, 2.05) is 97.9 Å². The van der Waals surface area contributed by atoms with Gasteiger partial charge in [-0.15, -0.1) is 0 Å². The molecule has 0 fully saturated rings. The normalized spacial score (nSPS) is 10.5. The van der Waals surface area contributed by atoms with E-state index in [1.54, 1.807) is 12.1 Å². The van der Waals surface area contributed by atoms with Gasteiger partial charge in [0, 0.05) is 30.8 Å². The number of rotatable bonds is 5. The van der Waals surface area contributed by atoms with Crippen LogP contribution in [0.1, 0.15) is 10.4 Å². The van der Waals surface area contributed by atoms with Crippen molar-refractivity contribution in [2.24, 2.45) is 0 Å². The molecule has 0 unspecified atom stereocenters. The fourth-order valence-electron chi connectivity index (χ4n) is 3.15. The van der Waals surface area contributed by atoms with E-state index in [1.165, 1.54) is 0 Å². The Morgan fingerprint density at radius 2 is 1.13 bits per heavy atom. The van der Waals surface area contributed by atoms with Gasteiger partial charge in [0.15, 0.2) is 0 Å². The maximum absolute atomic E-state index is 13.0. The average molecular weight is 394 g/mol. The summed E-state index contributed by atoms with van der Waals surface area (Å²) in [6.45, 7) is 0. The fraction of sp³-hybridized carbons (Fsp3) is 0.0800. The highest BCUT2D eigenvalue weighted by atomic mass is 16.1. The molecular formula is C25H22N4O. The van der Waals surface area contributed by atoms with E-state index in [0.717, 1.165) is 11.1 Å². The molecule has 1 heterocycles. The van der Waals surface area contributed by atoms with Crippen LogP contribution in [0.3, 0.4) is 0 Å². The van der Waals surface area contributed by atoms with Crippen LogP contribution in [0.2, 0.25) is 0 Å². The predicted molar refractivity (Wildman–Crippen MR) is 122 cm³/mol. The first kappa shape index (κ1) is 19.3. The Balaban J connectivity index is 1.93. The van der Waals surface area contributed by atoms with E-state index in [0.29, 0.717) is 28.6 Å². The third kappa shape index (κ3) is 4.05. The summed E-state index contributed by atoms with van der Waals surface area (Å²) in [5, 5.41) is 3.08. The van der Waals surface area contributed by atoms with E-state index >= 15 is 0 Å². The fourth-order valence-corrected chi connectivity index (χ4v) is 3.15. The van der Waals surface area contributed by atoms with Crippen LogP contribution in [0.15, 0.2) is 91.0 Å². The summed E-state index contributed by atoms with van der Waals surface area (Å²) in [7, 11) is 3.81. The van der Waals surface area contributed by atoms with Crippen molar-refractivity contribution in [1.82, 2.24) is 9.97 Å². The molecule has 5 nitrogen and oxygen atoms in total. The lowest BCUT2D eigenvalue weighted by Crippen LogP contribution is -2.18. The second kappa shape index (κ2) is 8.57. The van der Waals surface area contributed by atoms with E-state index in [9.17, 15) is 4.79 Å². The number of aromatic nitrogens is 2. The lowest BCUT2D eigenvalue weighted by Gasteiger charge is -2.19. The summed E-state index contributed by atoms with van der Waals surface area (Å²) in [4.78, 5) is 24.4. The van der Waals surface area contributed by atoms with Gasteiger partial charge in [-0.2, -0.15) is 0 Å². The number of hydrogen-bond acceptors (Lipinski definition) is 4. The maximum atomic E-state index is 13.0. The Labute approximate surface area is 176 Å². The smallest absolute Gasteiger partial charge is 0.255 e. The molecule has 0 aliphatic heterocycles. The molecule has 4 rings (SSSR count). The minimum atomic E-state index is -0.203. The Hall–Kier alpha value is -3.99. The van der Waals surface area contributed by atoms with Crippen molar-refractivity contribution in [2.75, 3.05) is 24.3 Å². The molecule has 0 aliphatic rings. The Bertz CT molecular complexity index is 1080. The Kier molecular flexibility index (Phi) is 5.52. The number of benzene rings is 3. The third-order valence-corrected chi connectivity index (χ3v) is 4.67. The molecular weight excluding hydrogens is 372 g/mol. The lowest BCUT2D eigenvalue weighted by atomic mass is 10.0. The van der Waals surface area contributed by atoms with Gasteiger partial charge in [0.05, 0.1) is 5.69 Å². The topological polar surface area (TPSA) is 58.1 Å². The summed E-state index contributed by atoms with van der Waals surface area (Å²) in [5.74, 6) is 0.372. The molecule has 3 aromatic carbocycles. The van der Waals surface area contributed by atoms with Gasteiger partial charge < -0.3 is 10.2 Å². The van der Waals surface area contributed by atoms with Gasteiger partial charge in [0.25, 0.3) is 5.91 Å². The van der Waals surface area contributed by atoms with E-state index < -0.39 is 0 Å². The summed E-state index contributed by atoms with van der Waals surface area (Å²) in [6.07, 6.45) is 0. The summed E-state index contributed by atoms with van der Waals surface area (Å²) in [5.41, 5.74) is 4.33. The van der Waals surface area contributed by atoms with E-state index in [-0.39, 0.29) is 5.91 Å². The second-order valence-electron chi connectivity index (χ2n) is 7.04. The number of carbonyl (C=O) groups excluding carboxylic acids is 1. The molecule has 4 aromatic rings. The zero-order valence-electron chi connectivity index (χ0n) is 16.9. The molecule has 1 aromatic heterocycles. The molecule has 148 valence electrons. The number of amides is 1. The van der Waals surface area contributed by atoms with Crippen LogP contribution in [0.25, 0.3) is 22.5 Å². The van der Waals surface area contributed by atoms with Gasteiger partial charge in [0.2, 0.25) is 5.95 Å². The van der Waals surface area contributed by atoms with Crippen molar-refractivity contribution in [2.45, 2.75) is 0 Å². The Morgan fingerprint density at radius 1 is 0.700 bits per heavy atom. The van der Waals surface area contributed by atoms with Crippen LogP contribution in [-0.4, -0.2) is 30.0 Å². The number of carbonyl (C=O) groups is 1. The Morgan fingerprint density at radius 3 is 1.57 bits per heavy atom. The molecule has 0 atom stereocenters. The van der Waals surface area contributed by atoms with Crippen molar-refractivity contribution < 1.29 is 4.79 Å². The zero-order chi connectivity index (χ0) is 20.9. The third-order valence-electron chi connectivity index (χ3n) is 4.67. The van der Waals surface area contributed by atoms with Crippen molar-refractivity contribution in [3.05, 3.63) is 96.6 Å². The lowest BCUT2D eigenvalue weighted by molar-refractivity contribution is 0.102. The first-order valence-electron chi connectivity index (χ1n) is 9.70. The number of anilines is 2. The average Bonchev–Trinajstić information content (AvgIpc) is 2.80. The largest absolute Gasteiger partial charge is 0.347 e. The first-order chi connectivity index (χ1) is 14.6. The maximum Gasteiger partial charge on any atom is 0.255 e. The molecule has 0 radical (unpaired) electrons. The summed E-state index contributed by atoms with van der Waals surface area (Å²) >= 11 is 0. The quantitative estimate of drug-likeness (QED) is 0.510. The standard InChI is InChI=1S/C25H22N4O/c1-29(2)25-27-21(18-12-6-3-7-13-18)23(22(28-25)19-14-8-4-9-15-19)26-24(30)20-16-10-5-11-17-20/h3-17H,1-2H3,(H,26,30). The van der Waals surface area contributed by atoms with Crippen LogP contribution >= 0.6 is 0 Å². The minimum Gasteiger partial charge on any atom is -0.347 e.